The number of likely N-dealkylation sites (N-methyl/N-ethyl adjacent to an activating group) is 1. The number of hydrogen-bond donors (Lipinski definition) is 0. The molecule has 3 nitrogen and oxygen atoms in total. The third-order valence-corrected chi connectivity index (χ3v) is 7.49. The van der Waals surface area contributed by atoms with Gasteiger partial charge in [0.2, 0.25) is 0 Å². The van der Waals surface area contributed by atoms with E-state index in [9.17, 15) is 4.79 Å². The maximum Gasteiger partial charge on any atom is 0.253 e. The minimum absolute atomic E-state index is 0.120. The van der Waals surface area contributed by atoms with Crippen LogP contribution in [0.4, 0.5) is 0 Å². The second-order valence-electron chi connectivity index (χ2n) is 8.36. The van der Waals surface area contributed by atoms with Gasteiger partial charge in [0, 0.05) is 41.5 Å². The molecule has 156 valence electrons. The predicted octanol–water partition coefficient (Wildman–Crippen LogP) is 5.19. The Balaban J connectivity index is 1.32. The van der Waals surface area contributed by atoms with E-state index >= 15 is 0 Å². The minimum Gasteiger partial charge on any atom is -0.336 e. The van der Waals surface area contributed by atoms with Gasteiger partial charge in [-0.15, -0.1) is 0 Å². The highest BCUT2D eigenvalue weighted by Crippen LogP contribution is 2.40. The molecular weight excluding hydrogens is 400 g/mol. The Morgan fingerprint density at radius 2 is 1.45 bits per heavy atom. The molecule has 0 bridgehead atoms. The molecule has 3 aromatic carbocycles. The quantitative estimate of drug-likeness (QED) is 0.450. The first-order valence-corrected chi connectivity index (χ1v) is 11.6. The lowest BCUT2D eigenvalue weighted by Gasteiger charge is -2.32. The second kappa shape index (κ2) is 8.37. The smallest absolute Gasteiger partial charge is 0.253 e. The number of amides is 1. The third-order valence-electron chi connectivity index (χ3n) is 6.25. The topological polar surface area (TPSA) is 23.6 Å². The van der Waals surface area contributed by atoms with E-state index in [1.54, 1.807) is 0 Å². The van der Waals surface area contributed by atoms with Gasteiger partial charge in [-0.2, -0.15) is 0 Å². The Bertz CT molecular complexity index is 1140. The molecule has 0 unspecified atom stereocenters. The number of hydrogen-bond acceptors (Lipinski definition) is 3. The van der Waals surface area contributed by atoms with E-state index in [1.165, 1.54) is 20.9 Å². The highest BCUT2D eigenvalue weighted by molar-refractivity contribution is 7.99. The third kappa shape index (κ3) is 4.06. The fourth-order valence-electron chi connectivity index (χ4n) is 4.25. The van der Waals surface area contributed by atoms with Crippen LogP contribution in [-0.4, -0.2) is 48.9 Å². The molecule has 2 heterocycles. The van der Waals surface area contributed by atoms with Crippen LogP contribution in [0.2, 0.25) is 0 Å². The molecule has 0 atom stereocenters. The standard InChI is InChI=1S/C27H26N2OS/c1-19(20-7-9-21(10-8-20)27(30)29-15-13-28(2)14-16-29)22-11-12-26-24(17-22)18-23-5-3-4-6-25(23)31-26/h3-12,17H,1,13-16,18H2,2H3. The number of rotatable bonds is 3. The molecule has 0 radical (unpaired) electrons. The summed E-state index contributed by atoms with van der Waals surface area (Å²) in [7, 11) is 2.10. The van der Waals surface area contributed by atoms with Crippen molar-refractivity contribution < 1.29 is 4.79 Å². The minimum atomic E-state index is 0.120. The first-order valence-electron chi connectivity index (χ1n) is 10.7. The maximum absolute atomic E-state index is 12.8. The molecule has 4 heteroatoms. The van der Waals surface area contributed by atoms with Gasteiger partial charge < -0.3 is 9.80 Å². The van der Waals surface area contributed by atoms with Crippen LogP contribution in [0.1, 0.15) is 32.6 Å². The highest BCUT2D eigenvalue weighted by atomic mass is 32.2. The van der Waals surface area contributed by atoms with Crippen molar-refractivity contribution in [3.05, 3.63) is 101 Å². The van der Waals surface area contributed by atoms with Crippen LogP contribution in [-0.2, 0) is 6.42 Å². The summed E-state index contributed by atoms with van der Waals surface area (Å²) in [6.07, 6.45) is 0.956. The van der Waals surface area contributed by atoms with E-state index < -0.39 is 0 Å². The molecule has 0 spiro atoms. The lowest BCUT2D eigenvalue weighted by atomic mass is 9.95. The zero-order valence-electron chi connectivity index (χ0n) is 17.8. The highest BCUT2D eigenvalue weighted by Gasteiger charge is 2.21. The summed E-state index contributed by atoms with van der Waals surface area (Å²) < 4.78 is 0. The lowest BCUT2D eigenvalue weighted by molar-refractivity contribution is 0.0664. The van der Waals surface area contributed by atoms with Crippen LogP contribution in [0.3, 0.4) is 0 Å². The SMILES string of the molecule is C=C(c1ccc(C(=O)N2CCN(C)CC2)cc1)c1ccc2c(c1)Cc1ccccc1S2. The van der Waals surface area contributed by atoms with Crippen LogP contribution in [0, 0.1) is 0 Å². The molecule has 0 saturated carbocycles. The second-order valence-corrected chi connectivity index (χ2v) is 9.44. The van der Waals surface area contributed by atoms with Crippen molar-refractivity contribution in [1.29, 1.82) is 0 Å². The molecule has 0 aliphatic carbocycles. The predicted molar refractivity (Wildman–Crippen MR) is 128 cm³/mol. The Morgan fingerprint density at radius 1 is 0.806 bits per heavy atom. The fourth-order valence-corrected chi connectivity index (χ4v) is 5.30. The summed E-state index contributed by atoms with van der Waals surface area (Å²) in [6, 6.07) is 23.2. The van der Waals surface area contributed by atoms with Crippen molar-refractivity contribution in [2.45, 2.75) is 16.2 Å². The van der Waals surface area contributed by atoms with Gasteiger partial charge in [-0.3, -0.25) is 4.79 Å². The number of carbonyl (C=O) groups is 1. The summed E-state index contributed by atoms with van der Waals surface area (Å²) in [5.74, 6) is 0.120. The number of fused-ring (bicyclic) bond motifs is 2. The van der Waals surface area contributed by atoms with Crippen molar-refractivity contribution in [3.63, 3.8) is 0 Å². The van der Waals surface area contributed by atoms with Crippen molar-refractivity contribution in [2.24, 2.45) is 0 Å². The lowest BCUT2D eigenvalue weighted by Crippen LogP contribution is -2.47. The van der Waals surface area contributed by atoms with E-state index in [1.807, 2.05) is 40.9 Å². The van der Waals surface area contributed by atoms with Crippen LogP contribution in [0.25, 0.3) is 5.57 Å². The summed E-state index contributed by atoms with van der Waals surface area (Å²) in [6.45, 7) is 7.80. The van der Waals surface area contributed by atoms with Crippen LogP contribution in [0.15, 0.2) is 83.1 Å². The molecule has 0 aromatic heterocycles. The Kier molecular flexibility index (Phi) is 5.43. The van der Waals surface area contributed by atoms with E-state index in [-0.39, 0.29) is 5.91 Å². The Labute approximate surface area is 188 Å². The molecule has 2 aliphatic rings. The zero-order valence-corrected chi connectivity index (χ0v) is 18.6. The number of benzene rings is 3. The number of nitrogens with zero attached hydrogens (tertiary/aromatic N) is 2. The van der Waals surface area contributed by atoms with E-state index in [0.717, 1.165) is 54.9 Å². The largest absolute Gasteiger partial charge is 0.336 e. The van der Waals surface area contributed by atoms with Gasteiger partial charge in [0.15, 0.2) is 0 Å². The van der Waals surface area contributed by atoms with Gasteiger partial charge in [0.25, 0.3) is 5.91 Å². The average molecular weight is 427 g/mol. The van der Waals surface area contributed by atoms with E-state index in [4.69, 9.17) is 0 Å². The van der Waals surface area contributed by atoms with Gasteiger partial charge in [-0.25, -0.2) is 0 Å². The van der Waals surface area contributed by atoms with Crippen molar-refractivity contribution in [3.8, 4) is 0 Å². The summed E-state index contributed by atoms with van der Waals surface area (Å²) in [5, 5.41) is 0. The van der Waals surface area contributed by atoms with Crippen LogP contribution in [0.5, 0.6) is 0 Å². The molecule has 3 aromatic rings. The molecule has 1 fully saturated rings. The molecule has 0 N–H and O–H groups in total. The van der Waals surface area contributed by atoms with Crippen LogP contribution >= 0.6 is 11.8 Å². The van der Waals surface area contributed by atoms with Crippen molar-refractivity contribution in [2.75, 3.05) is 33.2 Å². The molecule has 31 heavy (non-hydrogen) atoms. The van der Waals surface area contributed by atoms with Gasteiger partial charge in [0.1, 0.15) is 0 Å². The van der Waals surface area contributed by atoms with E-state index in [0.29, 0.717) is 0 Å². The zero-order chi connectivity index (χ0) is 21.4. The fraction of sp³-hybridized carbons (Fsp3) is 0.222. The molecule has 5 rings (SSSR count). The normalized spacial score (nSPS) is 15.8. The molecular formula is C27H26N2OS. The molecule has 1 amide bonds. The first kappa shape index (κ1) is 20.1. The van der Waals surface area contributed by atoms with Crippen molar-refractivity contribution in [1.82, 2.24) is 9.80 Å². The van der Waals surface area contributed by atoms with Gasteiger partial charge in [-0.05, 0) is 71.6 Å². The molecule has 2 aliphatic heterocycles. The molecule has 1 saturated heterocycles. The summed E-state index contributed by atoms with van der Waals surface area (Å²) >= 11 is 1.84. The monoisotopic (exact) mass is 426 g/mol. The van der Waals surface area contributed by atoms with Crippen LogP contribution < -0.4 is 0 Å². The maximum atomic E-state index is 12.8. The van der Waals surface area contributed by atoms with Gasteiger partial charge in [-0.1, -0.05) is 54.7 Å². The average Bonchev–Trinajstić information content (AvgIpc) is 2.82. The van der Waals surface area contributed by atoms with Crippen molar-refractivity contribution >= 4 is 23.2 Å². The Hall–Kier alpha value is -2.82. The summed E-state index contributed by atoms with van der Waals surface area (Å²) in [4.78, 5) is 19.7. The van der Waals surface area contributed by atoms with Gasteiger partial charge >= 0.3 is 0 Å². The number of carbonyl (C=O) groups excluding carboxylic acids is 1. The van der Waals surface area contributed by atoms with Gasteiger partial charge in [0.05, 0.1) is 0 Å². The van der Waals surface area contributed by atoms with E-state index in [2.05, 4.69) is 61.0 Å². The first-order chi connectivity index (χ1) is 15.1. The number of piperazine rings is 1. The Morgan fingerprint density at radius 3 is 2.23 bits per heavy atom. The summed E-state index contributed by atoms with van der Waals surface area (Å²) in [5.41, 5.74) is 6.67.